The zero-order valence-electron chi connectivity index (χ0n) is 15.3. The van der Waals surface area contributed by atoms with Gasteiger partial charge in [0.1, 0.15) is 23.4 Å². The number of furan rings is 1. The van der Waals surface area contributed by atoms with Crippen molar-refractivity contribution in [1.29, 1.82) is 0 Å². The van der Waals surface area contributed by atoms with Crippen LogP contribution in [-0.2, 0) is 11.3 Å². The van der Waals surface area contributed by atoms with Crippen molar-refractivity contribution >= 4 is 39.7 Å². The molecule has 4 aromatic rings. The van der Waals surface area contributed by atoms with E-state index >= 15 is 0 Å². The molecular formula is C20H16N4O5. The van der Waals surface area contributed by atoms with Crippen molar-refractivity contribution < 1.29 is 18.7 Å². The Morgan fingerprint density at radius 3 is 2.66 bits per heavy atom. The zero-order valence-corrected chi connectivity index (χ0v) is 15.3. The van der Waals surface area contributed by atoms with E-state index in [2.05, 4.69) is 15.6 Å². The lowest BCUT2D eigenvalue weighted by Gasteiger charge is -2.08. The van der Waals surface area contributed by atoms with Crippen LogP contribution in [0.2, 0.25) is 0 Å². The second kappa shape index (κ2) is 7.47. The summed E-state index contributed by atoms with van der Waals surface area (Å²) in [4.78, 5) is 41.0. The molecule has 0 fully saturated rings. The van der Waals surface area contributed by atoms with Crippen molar-refractivity contribution in [2.24, 2.45) is 0 Å². The van der Waals surface area contributed by atoms with Gasteiger partial charge in [0.05, 0.1) is 13.4 Å². The number of hydrogen-bond donors (Lipinski definition) is 2. The summed E-state index contributed by atoms with van der Waals surface area (Å²) in [6.07, 6.45) is 1.26. The third-order valence-corrected chi connectivity index (χ3v) is 4.27. The average Bonchev–Trinajstić information content (AvgIpc) is 3.10. The van der Waals surface area contributed by atoms with Crippen LogP contribution >= 0.6 is 0 Å². The molecule has 0 bridgehead atoms. The van der Waals surface area contributed by atoms with Crippen LogP contribution in [0.4, 0.5) is 10.5 Å². The maximum Gasteiger partial charge on any atom is 0.325 e. The summed E-state index contributed by atoms with van der Waals surface area (Å²) in [5, 5.41) is 5.41. The molecule has 0 saturated heterocycles. The van der Waals surface area contributed by atoms with Crippen LogP contribution in [0, 0.1) is 0 Å². The van der Waals surface area contributed by atoms with Crippen molar-refractivity contribution in [1.82, 2.24) is 14.9 Å². The topological polar surface area (TPSA) is 115 Å². The van der Waals surface area contributed by atoms with Gasteiger partial charge in [-0.2, -0.15) is 0 Å². The van der Waals surface area contributed by atoms with Gasteiger partial charge in [-0.15, -0.1) is 0 Å². The van der Waals surface area contributed by atoms with E-state index < -0.39 is 17.5 Å². The van der Waals surface area contributed by atoms with Gasteiger partial charge in [0.2, 0.25) is 11.5 Å². The largest absolute Gasteiger partial charge is 0.497 e. The quantitative estimate of drug-likeness (QED) is 0.551. The summed E-state index contributed by atoms with van der Waals surface area (Å²) in [7, 11) is 1.54. The summed E-state index contributed by atoms with van der Waals surface area (Å²) in [6.45, 7) is -0.380. The lowest BCUT2D eigenvalue weighted by atomic mass is 10.2. The number of nitrogens with one attached hydrogen (secondary N) is 2. The van der Waals surface area contributed by atoms with E-state index in [1.54, 1.807) is 42.5 Å². The molecule has 3 amide bonds. The first-order valence-electron chi connectivity index (χ1n) is 8.67. The number of carbonyl (C=O) groups is 2. The lowest BCUT2D eigenvalue weighted by Crippen LogP contribution is -2.38. The minimum absolute atomic E-state index is 0.0594. The number of para-hydroxylation sites is 1. The highest BCUT2D eigenvalue weighted by molar-refractivity contribution is 6.02. The van der Waals surface area contributed by atoms with Crippen molar-refractivity contribution in [3.05, 3.63) is 65.2 Å². The van der Waals surface area contributed by atoms with Gasteiger partial charge in [0.15, 0.2) is 0 Å². The van der Waals surface area contributed by atoms with Crippen LogP contribution in [0.15, 0.2) is 64.1 Å². The molecule has 146 valence electrons. The van der Waals surface area contributed by atoms with Crippen LogP contribution in [0.1, 0.15) is 0 Å². The number of methoxy groups -OCH3 is 1. The number of urea groups is 1. The molecule has 9 heteroatoms. The Hall–Kier alpha value is -4.14. The van der Waals surface area contributed by atoms with Crippen LogP contribution in [0.5, 0.6) is 5.75 Å². The summed E-state index contributed by atoms with van der Waals surface area (Å²) >= 11 is 0. The summed E-state index contributed by atoms with van der Waals surface area (Å²) < 4.78 is 11.7. The highest BCUT2D eigenvalue weighted by atomic mass is 16.5. The molecule has 9 nitrogen and oxygen atoms in total. The molecule has 2 heterocycles. The standard InChI is InChI=1S/C20H16N4O5/c1-28-13-8-6-12(7-9-13)22-20(27)23-16(25)10-24-11-21-17-14-4-2-3-5-15(14)29-18(17)19(24)26/h2-9,11H,10H2,1H3,(H2,22,23,25,27). The number of nitrogens with zero attached hydrogens (tertiary/aromatic N) is 2. The molecule has 0 aliphatic carbocycles. The minimum Gasteiger partial charge on any atom is -0.497 e. The highest BCUT2D eigenvalue weighted by Gasteiger charge is 2.15. The molecular weight excluding hydrogens is 376 g/mol. The van der Waals surface area contributed by atoms with Gasteiger partial charge >= 0.3 is 6.03 Å². The summed E-state index contributed by atoms with van der Waals surface area (Å²) in [6, 6.07) is 13.0. The number of fused-ring (bicyclic) bond motifs is 3. The molecule has 2 aromatic heterocycles. The van der Waals surface area contributed by atoms with Crippen LogP contribution in [0.25, 0.3) is 22.1 Å². The average molecular weight is 392 g/mol. The van der Waals surface area contributed by atoms with Gasteiger partial charge in [0, 0.05) is 11.1 Å². The Labute approximate surface area is 163 Å². The minimum atomic E-state index is -0.717. The van der Waals surface area contributed by atoms with Crippen molar-refractivity contribution in [3.8, 4) is 5.75 Å². The molecule has 2 N–H and O–H groups in total. The number of amides is 3. The Morgan fingerprint density at radius 1 is 1.14 bits per heavy atom. The van der Waals surface area contributed by atoms with Gasteiger partial charge < -0.3 is 14.5 Å². The smallest absolute Gasteiger partial charge is 0.325 e. The van der Waals surface area contributed by atoms with E-state index in [-0.39, 0.29) is 12.1 Å². The second-order valence-electron chi connectivity index (χ2n) is 6.18. The summed E-state index contributed by atoms with van der Waals surface area (Å²) in [5.74, 6) is -0.0322. The van der Waals surface area contributed by atoms with E-state index in [9.17, 15) is 14.4 Å². The van der Waals surface area contributed by atoms with E-state index in [0.717, 1.165) is 9.95 Å². The third-order valence-electron chi connectivity index (χ3n) is 4.27. The van der Waals surface area contributed by atoms with Gasteiger partial charge in [-0.05, 0) is 36.4 Å². The second-order valence-corrected chi connectivity index (χ2v) is 6.18. The monoisotopic (exact) mass is 392 g/mol. The zero-order chi connectivity index (χ0) is 20.4. The molecule has 0 saturated carbocycles. The molecule has 0 atom stereocenters. The molecule has 29 heavy (non-hydrogen) atoms. The molecule has 0 unspecified atom stereocenters. The Bertz CT molecular complexity index is 1270. The number of hydrogen-bond acceptors (Lipinski definition) is 6. The number of carbonyl (C=O) groups excluding carboxylic acids is 2. The van der Waals surface area contributed by atoms with E-state index in [1.165, 1.54) is 13.4 Å². The van der Waals surface area contributed by atoms with Crippen molar-refractivity contribution in [2.75, 3.05) is 12.4 Å². The number of benzene rings is 2. The van der Waals surface area contributed by atoms with E-state index in [4.69, 9.17) is 9.15 Å². The first kappa shape index (κ1) is 18.2. The summed E-state index contributed by atoms with van der Waals surface area (Å²) in [5.41, 5.74) is 1.01. The first-order chi connectivity index (χ1) is 14.0. The lowest BCUT2D eigenvalue weighted by molar-refractivity contribution is -0.120. The molecule has 0 aliphatic heterocycles. The van der Waals surface area contributed by atoms with Crippen molar-refractivity contribution in [3.63, 3.8) is 0 Å². The number of anilines is 1. The highest BCUT2D eigenvalue weighted by Crippen LogP contribution is 2.24. The fourth-order valence-corrected chi connectivity index (χ4v) is 2.89. The van der Waals surface area contributed by atoms with Gasteiger partial charge in [-0.1, -0.05) is 12.1 Å². The molecule has 2 aromatic carbocycles. The van der Waals surface area contributed by atoms with Crippen molar-refractivity contribution in [2.45, 2.75) is 6.54 Å². The predicted molar refractivity (Wildman–Crippen MR) is 106 cm³/mol. The Morgan fingerprint density at radius 2 is 1.90 bits per heavy atom. The van der Waals surface area contributed by atoms with Gasteiger partial charge in [-0.3, -0.25) is 19.5 Å². The molecule has 0 aliphatic rings. The first-order valence-corrected chi connectivity index (χ1v) is 8.67. The maximum absolute atomic E-state index is 12.6. The Balaban J connectivity index is 1.46. The van der Waals surface area contributed by atoms with Crippen LogP contribution in [0.3, 0.4) is 0 Å². The van der Waals surface area contributed by atoms with E-state index in [1.807, 2.05) is 6.07 Å². The molecule has 0 spiro atoms. The van der Waals surface area contributed by atoms with E-state index in [0.29, 0.717) is 22.5 Å². The molecule has 0 radical (unpaired) electrons. The maximum atomic E-state index is 12.6. The fraction of sp³-hybridized carbons (Fsp3) is 0.100. The molecule has 4 rings (SSSR count). The third kappa shape index (κ3) is 3.65. The number of rotatable bonds is 4. The number of imide groups is 1. The number of ether oxygens (including phenoxy) is 1. The predicted octanol–water partition coefficient (Wildman–Crippen LogP) is 2.50. The van der Waals surface area contributed by atoms with Crippen LogP contribution < -0.4 is 20.9 Å². The van der Waals surface area contributed by atoms with Crippen LogP contribution in [-0.4, -0.2) is 28.6 Å². The fourth-order valence-electron chi connectivity index (χ4n) is 2.89. The normalized spacial score (nSPS) is 10.8. The Kier molecular flexibility index (Phi) is 4.70. The SMILES string of the molecule is COc1ccc(NC(=O)NC(=O)Cn2cnc3c(oc4ccccc43)c2=O)cc1. The van der Waals surface area contributed by atoms with Gasteiger partial charge in [0.25, 0.3) is 5.56 Å². The number of aromatic nitrogens is 2. The van der Waals surface area contributed by atoms with Gasteiger partial charge in [-0.25, -0.2) is 9.78 Å².